The Morgan fingerprint density at radius 3 is 2.75 bits per heavy atom. The molecular formula is C20H23NO2S. The second kappa shape index (κ2) is 8.78. The van der Waals surface area contributed by atoms with E-state index in [2.05, 4.69) is 48.3 Å². The van der Waals surface area contributed by atoms with E-state index in [0.29, 0.717) is 6.61 Å². The zero-order valence-corrected chi connectivity index (χ0v) is 14.8. The number of rotatable bonds is 7. The van der Waals surface area contributed by atoms with Crippen LogP contribution in [0.4, 0.5) is 0 Å². The van der Waals surface area contributed by atoms with Crippen molar-refractivity contribution in [2.45, 2.75) is 30.8 Å². The molecule has 0 saturated carbocycles. The summed E-state index contributed by atoms with van der Waals surface area (Å²) in [6.07, 6.45) is 4.15. The van der Waals surface area contributed by atoms with Gasteiger partial charge in [-0.3, -0.25) is 4.99 Å². The normalized spacial score (nSPS) is 16.8. The third-order valence-electron chi connectivity index (χ3n) is 3.81. The van der Waals surface area contributed by atoms with Crippen molar-refractivity contribution in [3.63, 3.8) is 0 Å². The van der Waals surface area contributed by atoms with E-state index in [-0.39, 0.29) is 6.10 Å². The van der Waals surface area contributed by atoms with E-state index < -0.39 is 0 Å². The number of benzene rings is 2. The zero-order chi connectivity index (χ0) is 16.6. The summed E-state index contributed by atoms with van der Waals surface area (Å²) in [6, 6.07) is 16.5. The van der Waals surface area contributed by atoms with Crippen LogP contribution in [-0.2, 0) is 0 Å². The highest BCUT2D eigenvalue weighted by Gasteiger charge is 2.11. The summed E-state index contributed by atoms with van der Waals surface area (Å²) in [6.45, 7) is 3.65. The minimum absolute atomic E-state index is 0.267. The van der Waals surface area contributed by atoms with Gasteiger partial charge in [0, 0.05) is 36.2 Å². The molecule has 0 saturated heterocycles. The average Bonchev–Trinajstić information content (AvgIpc) is 2.61. The van der Waals surface area contributed by atoms with Crippen molar-refractivity contribution in [1.29, 1.82) is 0 Å². The largest absolute Gasteiger partial charge is 0.493 e. The lowest BCUT2D eigenvalue weighted by Gasteiger charge is -2.19. The van der Waals surface area contributed by atoms with E-state index in [1.165, 1.54) is 10.5 Å². The van der Waals surface area contributed by atoms with Gasteiger partial charge in [-0.1, -0.05) is 12.1 Å². The molecule has 2 aromatic rings. The summed E-state index contributed by atoms with van der Waals surface area (Å²) in [5.74, 6) is 2.80. The lowest BCUT2D eigenvalue weighted by molar-refractivity contribution is 0.198. The summed E-state index contributed by atoms with van der Waals surface area (Å²) in [7, 11) is 0. The molecule has 1 atom stereocenters. The van der Waals surface area contributed by atoms with Gasteiger partial charge in [0.1, 0.15) is 17.6 Å². The Morgan fingerprint density at radius 1 is 1.12 bits per heavy atom. The Kier molecular flexibility index (Phi) is 6.19. The van der Waals surface area contributed by atoms with Gasteiger partial charge in [-0.15, -0.1) is 11.8 Å². The fourth-order valence-corrected chi connectivity index (χ4v) is 3.29. The van der Waals surface area contributed by atoms with Crippen molar-refractivity contribution in [2.75, 3.05) is 18.9 Å². The first-order valence-electron chi connectivity index (χ1n) is 8.37. The summed E-state index contributed by atoms with van der Waals surface area (Å²) in [5, 5.41) is 0. The maximum Gasteiger partial charge on any atom is 0.119 e. The van der Waals surface area contributed by atoms with Crippen molar-refractivity contribution in [3.05, 3.63) is 54.1 Å². The molecule has 4 heteroatoms. The van der Waals surface area contributed by atoms with Gasteiger partial charge >= 0.3 is 0 Å². The Labute approximate surface area is 148 Å². The first kappa shape index (κ1) is 16.9. The van der Waals surface area contributed by atoms with Crippen LogP contribution in [0.3, 0.4) is 0 Å². The highest BCUT2D eigenvalue weighted by atomic mass is 32.2. The van der Waals surface area contributed by atoms with Crippen molar-refractivity contribution in [2.24, 2.45) is 4.99 Å². The molecule has 0 bridgehead atoms. The number of aryl methyl sites for hydroxylation is 1. The molecular weight excluding hydrogens is 318 g/mol. The van der Waals surface area contributed by atoms with E-state index in [1.54, 1.807) is 11.8 Å². The average molecular weight is 341 g/mol. The van der Waals surface area contributed by atoms with Crippen LogP contribution in [0.25, 0.3) is 0 Å². The Hall–Kier alpha value is -1.94. The Morgan fingerprint density at radius 2 is 2.00 bits per heavy atom. The predicted molar refractivity (Wildman–Crippen MR) is 101 cm³/mol. The summed E-state index contributed by atoms with van der Waals surface area (Å²) < 4.78 is 11.8. The van der Waals surface area contributed by atoms with Crippen LogP contribution >= 0.6 is 11.8 Å². The van der Waals surface area contributed by atoms with Crippen LogP contribution in [0.1, 0.15) is 18.4 Å². The molecule has 1 aliphatic rings. The molecule has 2 aromatic carbocycles. The van der Waals surface area contributed by atoms with Crippen molar-refractivity contribution >= 4 is 18.0 Å². The zero-order valence-electron chi connectivity index (χ0n) is 14.0. The monoisotopic (exact) mass is 341 g/mol. The van der Waals surface area contributed by atoms with Crippen LogP contribution < -0.4 is 9.47 Å². The fourth-order valence-electron chi connectivity index (χ4n) is 2.56. The maximum absolute atomic E-state index is 5.98. The molecule has 0 fully saturated rings. The third kappa shape index (κ3) is 5.31. The summed E-state index contributed by atoms with van der Waals surface area (Å²) in [4.78, 5) is 5.47. The maximum atomic E-state index is 5.98. The van der Waals surface area contributed by atoms with Crippen molar-refractivity contribution in [3.8, 4) is 11.5 Å². The lowest BCUT2D eigenvalue weighted by atomic mass is 10.1. The van der Waals surface area contributed by atoms with Gasteiger partial charge in [0.25, 0.3) is 0 Å². The van der Waals surface area contributed by atoms with Gasteiger partial charge in [-0.2, -0.15) is 0 Å². The first-order valence-corrected chi connectivity index (χ1v) is 9.35. The number of hydrogen-bond donors (Lipinski definition) is 0. The molecule has 0 spiro atoms. The van der Waals surface area contributed by atoms with Gasteiger partial charge in [-0.25, -0.2) is 0 Å². The summed E-state index contributed by atoms with van der Waals surface area (Å²) >= 11 is 1.80. The number of hydrogen-bond acceptors (Lipinski definition) is 4. The van der Waals surface area contributed by atoms with Gasteiger partial charge in [-0.05, 0) is 48.9 Å². The molecule has 24 heavy (non-hydrogen) atoms. The van der Waals surface area contributed by atoms with Crippen LogP contribution in [-0.4, -0.2) is 31.2 Å². The quantitative estimate of drug-likeness (QED) is 0.536. The minimum Gasteiger partial charge on any atom is -0.493 e. The highest BCUT2D eigenvalue weighted by Crippen LogP contribution is 2.23. The molecule has 1 unspecified atom stereocenters. The molecule has 0 amide bonds. The number of ether oxygens (including phenoxy) is 2. The third-order valence-corrected chi connectivity index (χ3v) is 4.79. The number of nitrogens with zero attached hydrogens (tertiary/aromatic N) is 1. The molecule has 3 nitrogen and oxygen atoms in total. The Balaban J connectivity index is 1.40. The second-order valence-electron chi connectivity index (χ2n) is 5.84. The van der Waals surface area contributed by atoms with Gasteiger partial charge in [0.2, 0.25) is 0 Å². The topological polar surface area (TPSA) is 30.8 Å². The van der Waals surface area contributed by atoms with Crippen LogP contribution in [0, 0.1) is 6.92 Å². The molecule has 0 radical (unpaired) electrons. The smallest absolute Gasteiger partial charge is 0.119 e. The Bertz CT molecular complexity index is 670. The van der Waals surface area contributed by atoms with E-state index >= 15 is 0 Å². The number of thioether (sulfide) groups is 1. The lowest BCUT2D eigenvalue weighted by Crippen LogP contribution is -2.21. The van der Waals surface area contributed by atoms with E-state index in [1.807, 2.05) is 18.3 Å². The van der Waals surface area contributed by atoms with Crippen molar-refractivity contribution < 1.29 is 9.47 Å². The molecule has 126 valence electrons. The van der Waals surface area contributed by atoms with E-state index in [9.17, 15) is 0 Å². The molecule has 0 aromatic heterocycles. The molecule has 1 aliphatic heterocycles. The van der Waals surface area contributed by atoms with Gasteiger partial charge in [0.05, 0.1) is 6.61 Å². The van der Waals surface area contributed by atoms with E-state index in [4.69, 9.17) is 9.47 Å². The highest BCUT2D eigenvalue weighted by molar-refractivity contribution is 7.99. The standard InChI is InChI=1S/C20H23NO2S/c1-16-3-2-4-19(15-16)22-13-14-24-20-7-5-17(6-8-20)23-18-9-11-21-12-10-18/h2-8,11,15,18H,9-10,12-14H2,1H3. The first-order chi connectivity index (χ1) is 11.8. The van der Waals surface area contributed by atoms with Gasteiger partial charge in [0.15, 0.2) is 0 Å². The molecule has 1 heterocycles. The molecule has 0 aliphatic carbocycles. The number of aliphatic imine (C=N–C) groups is 1. The molecule has 3 rings (SSSR count). The summed E-state index contributed by atoms with van der Waals surface area (Å²) in [5.41, 5.74) is 1.22. The van der Waals surface area contributed by atoms with Crippen LogP contribution in [0.15, 0.2) is 58.4 Å². The fraction of sp³-hybridized carbons (Fsp3) is 0.350. The van der Waals surface area contributed by atoms with Crippen LogP contribution in [0.2, 0.25) is 0 Å². The second-order valence-corrected chi connectivity index (χ2v) is 7.01. The van der Waals surface area contributed by atoms with E-state index in [0.717, 1.165) is 36.6 Å². The predicted octanol–water partition coefficient (Wildman–Crippen LogP) is 4.78. The SMILES string of the molecule is Cc1cccc(OCCSc2ccc(OC3CC=NCC3)cc2)c1. The van der Waals surface area contributed by atoms with Crippen LogP contribution in [0.5, 0.6) is 11.5 Å². The minimum atomic E-state index is 0.267. The van der Waals surface area contributed by atoms with Gasteiger partial charge < -0.3 is 9.47 Å². The molecule has 0 N–H and O–H groups in total. The van der Waals surface area contributed by atoms with Crippen molar-refractivity contribution in [1.82, 2.24) is 0 Å².